The first-order chi connectivity index (χ1) is 12.2. The van der Waals surface area contributed by atoms with Crippen LogP contribution in [0.25, 0.3) is 0 Å². The Kier molecular flexibility index (Phi) is 6.32. The molecule has 1 aliphatic heterocycles. The van der Waals surface area contributed by atoms with Crippen molar-refractivity contribution < 1.29 is 14.8 Å². The van der Waals surface area contributed by atoms with Crippen LogP contribution >= 0.6 is 0 Å². The second kappa shape index (κ2) is 8.11. The molecule has 1 unspecified atom stereocenters. The molecule has 0 saturated heterocycles. The van der Waals surface area contributed by atoms with Gasteiger partial charge in [0.15, 0.2) is 0 Å². The zero-order valence-corrected chi connectivity index (χ0v) is 16.6. The van der Waals surface area contributed by atoms with Crippen LogP contribution in [0.1, 0.15) is 74.6 Å². The van der Waals surface area contributed by atoms with Gasteiger partial charge >= 0.3 is 0 Å². The monoisotopic (exact) mass is 361 g/mol. The van der Waals surface area contributed by atoms with Crippen molar-refractivity contribution in [1.82, 2.24) is 0 Å². The minimum Gasteiger partial charge on any atom is -0.507 e. The Bertz CT molecular complexity index is 723. The van der Waals surface area contributed by atoms with Gasteiger partial charge in [0.2, 0.25) is 5.70 Å². The topological polar surface area (TPSA) is 72.6 Å². The van der Waals surface area contributed by atoms with E-state index in [4.69, 9.17) is 4.74 Å². The van der Waals surface area contributed by atoms with Crippen LogP contribution < -0.4 is 4.74 Å². The van der Waals surface area contributed by atoms with E-state index in [-0.39, 0.29) is 4.92 Å². The second-order valence-electron chi connectivity index (χ2n) is 7.68. The number of unbranched alkanes of at least 4 members (excludes halogenated alkanes) is 2. The van der Waals surface area contributed by atoms with Crippen molar-refractivity contribution in [1.29, 1.82) is 0 Å². The van der Waals surface area contributed by atoms with Gasteiger partial charge < -0.3 is 9.84 Å². The minimum atomic E-state index is -0.423. The molecule has 1 atom stereocenters. The van der Waals surface area contributed by atoms with E-state index in [2.05, 4.69) is 6.92 Å². The van der Waals surface area contributed by atoms with Crippen molar-refractivity contribution in [3.05, 3.63) is 44.1 Å². The summed E-state index contributed by atoms with van der Waals surface area (Å²) < 4.78 is 6.36. The van der Waals surface area contributed by atoms with Gasteiger partial charge in [0.25, 0.3) is 0 Å². The molecular weight excluding hydrogens is 330 g/mol. The summed E-state index contributed by atoms with van der Waals surface area (Å²) in [7, 11) is 0. The van der Waals surface area contributed by atoms with Crippen LogP contribution in [0.4, 0.5) is 0 Å². The summed E-state index contributed by atoms with van der Waals surface area (Å²) in [5, 5.41) is 21.6. The number of hydrogen-bond acceptors (Lipinski definition) is 4. The Hall–Kier alpha value is -2.04. The zero-order chi connectivity index (χ0) is 19.5. The van der Waals surface area contributed by atoms with Crippen molar-refractivity contribution >= 4 is 0 Å². The Morgan fingerprint density at radius 1 is 1.31 bits per heavy atom. The highest BCUT2D eigenvalue weighted by Crippen LogP contribution is 2.44. The molecule has 2 rings (SSSR count). The molecule has 1 heterocycles. The predicted molar refractivity (Wildman–Crippen MR) is 104 cm³/mol. The lowest BCUT2D eigenvalue weighted by atomic mass is 9.84. The van der Waals surface area contributed by atoms with Gasteiger partial charge in [0, 0.05) is 12.0 Å². The number of nitrogens with zero attached hydrogens (tertiary/aromatic N) is 1. The lowest BCUT2D eigenvalue weighted by Crippen LogP contribution is -2.37. The molecule has 0 aliphatic carbocycles. The first-order valence-electron chi connectivity index (χ1n) is 9.54. The lowest BCUT2D eigenvalue weighted by Gasteiger charge is -2.38. The molecule has 1 aromatic carbocycles. The maximum absolute atomic E-state index is 11.3. The van der Waals surface area contributed by atoms with Crippen LogP contribution in [0.2, 0.25) is 0 Å². The number of benzene rings is 1. The van der Waals surface area contributed by atoms with Gasteiger partial charge in [-0.3, -0.25) is 10.1 Å². The first-order valence-corrected chi connectivity index (χ1v) is 9.54. The van der Waals surface area contributed by atoms with Crippen LogP contribution in [0.5, 0.6) is 11.5 Å². The van der Waals surface area contributed by atoms with Crippen molar-refractivity contribution in [2.45, 2.75) is 85.2 Å². The standard InChI is InChI=1S/C21H31NO4/c1-6-7-8-9-17(22(24)25)10-12-21(5)13-11-18-16(4)19(23)14(2)15(3)20(18)26-21/h9,23H,6-8,10-13H2,1-5H3. The highest BCUT2D eigenvalue weighted by atomic mass is 16.6. The highest BCUT2D eigenvalue weighted by molar-refractivity contribution is 5.58. The highest BCUT2D eigenvalue weighted by Gasteiger charge is 2.35. The van der Waals surface area contributed by atoms with Crippen LogP contribution in [0.15, 0.2) is 11.8 Å². The number of phenolic OH excluding ortho intramolecular Hbond substituents is 1. The summed E-state index contributed by atoms with van der Waals surface area (Å²) >= 11 is 0. The molecule has 0 amide bonds. The van der Waals surface area contributed by atoms with Gasteiger partial charge in [-0.1, -0.05) is 13.3 Å². The number of allylic oxidation sites excluding steroid dienone is 2. The predicted octanol–water partition coefficient (Wildman–Crippen LogP) is 5.53. The molecule has 1 aliphatic rings. The van der Waals surface area contributed by atoms with E-state index in [0.29, 0.717) is 24.3 Å². The van der Waals surface area contributed by atoms with E-state index in [9.17, 15) is 15.2 Å². The van der Waals surface area contributed by atoms with Crippen LogP contribution in [0, 0.1) is 30.9 Å². The smallest absolute Gasteiger partial charge is 0.242 e. The van der Waals surface area contributed by atoms with Crippen LogP contribution in [-0.2, 0) is 6.42 Å². The van der Waals surface area contributed by atoms with Crippen molar-refractivity contribution in [3.8, 4) is 11.5 Å². The average molecular weight is 361 g/mol. The van der Waals surface area contributed by atoms with Gasteiger partial charge in [0.05, 0.1) is 4.92 Å². The fraction of sp³-hybridized carbons (Fsp3) is 0.619. The third-order valence-electron chi connectivity index (χ3n) is 5.67. The fourth-order valence-electron chi connectivity index (χ4n) is 3.60. The zero-order valence-electron chi connectivity index (χ0n) is 16.6. The molecule has 144 valence electrons. The quantitative estimate of drug-likeness (QED) is 0.393. The molecule has 0 bridgehead atoms. The number of hydrogen-bond donors (Lipinski definition) is 1. The number of aromatic hydroxyl groups is 1. The molecule has 0 spiro atoms. The minimum absolute atomic E-state index is 0.257. The maximum atomic E-state index is 11.3. The van der Waals surface area contributed by atoms with E-state index in [0.717, 1.165) is 60.1 Å². The number of nitro groups is 1. The van der Waals surface area contributed by atoms with Crippen LogP contribution in [0.3, 0.4) is 0 Å². The molecule has 26 heavy (non-hydrogen) atoms. The van der Waals surface area contributed by atoms with Gasteiger partial charge in [0.1, 0.15) is 17.1 Å². The van der Waals surface area contributed by atoms with Crippen LogP contribution in [-0.4, -0.2) is 15.6 Å². The Morgan fingerprint density at radius 2 is 2.00 bits per heavy atom. The fourth-order valence-corrected chi connectivity index (χ4v) is 3.60. The van der Waals surface area contributed by atoms with E-state index < -0.39 is 5.60 Å². The van der Waals surface area contributed by atoms with Crippen molar-refractivity contribution in [2.24, 2.45) is 0 Å². The van der Waals surface area contributed by atoms with Crippen molar-refractivity contribution in [3.63, 3.8) is 0 Å². The summed E-state index contributed by atoms with van der Waals surface area (Å²) in [5.41, 5.74) is 3.63. The number of ether oxygens (including phenoxy) is 1. The molecule has 5 nitrogen and oxygen atoms in total. The number of fused-ring (bicyclic) bond motifs is 1. The number of rotatable bonds is 7. The van der Waals surface area contributed by atoms with Gasteiger partial charge in [-0.05, 0) is 82.6 Å². The molecule has 1 N–H and O–H groups in total. The summed E-state index contributed by atoms with van der Waals surface area (Å²) in [6.07, 6.45) is 7.17. The van der Waals surface area contributed by atoms with E-state index in [1.54, 1.807) is 6.08 Å². The molecule has 0 aromatic heterocycles. The molecular formula is C21H31NO4. The Labute approximate surface area is 156 Å². The summed E-state index contributed by atoms with van der Waals surface area (Å²) in [4.78, 5) is 11.1. The molecule has 0 radical (unpaired) electrons. The van der Waals surface area contributed by atoms with Gasteiger partial charge in [-0.2, -0.15) is 0 Å². The Balaban J connectivity index is 2.18. The molecule has 5 heteroatoms. The summed E-state index contributed by atoms with van der Waals surface area (Å²) in [5.74, 6) is 1.20. The first kappa shape index (κ1) is 20.3. The molecule has 0 saturated carbocycles. The van der Waals surface area contributed by atoms with E-state index >= 15 is 0 Å². The van der Waals surface area contributed by atoms with Gasteiger partial charge in [-0.25, -0.2) is 0 Å². The summed E-state index contributed by atoms with van der Waals surface area (Å²) in [6.45, 7) is 9.91. The molecule has 0 fully saturated rings. The number of phenols is 1. The third kappa shape index (κ3) is 4.19. The van der Waals surface area contributed by atoms with Crippen molar-refractivity contribution in [2.75, 3.05) is 0 Å². The average Bonchev–Trinajstić information content (AvgIpc) is 2.60. The largest absolute Gasteiger partial charge is 0.507 e. The van der Waals surface area contributed by atoms with Gasteiger partial charge in [-0.15, -0.1) is 0 Å². The normalized spacial score (nSPS) is 19.8. The second-order valence-corrected chi connectivity index (χ2v) is 7.68. The maximum Gasteiger partial charge on any atom is 0.242 e. The third-order valence-corrected chi connectivity index (χ3v) is 5.67. The lowest BCUT2D eigenvalue weighted by molar-refractivity contribution is -0.428. The SMILES string of the molecule is CCCCC=C(CCC1(C)CCc2c(C)c(O)c(C)c(C)c2O1)[N+](=O)[O-]. The van der Waals surface area contributed by atoms with E-state index in [1.165, 1.54) is 0 Å². The molecule has 1 aromatic rings. The Morgan fingerprint density at radius 3 is 2.62 bits per heavy atom. The van der Waals surface area contributed by atoms with E-state index in [1.807, 2.05) is 27.7 Å². The summed E-state index contributed by atoms with van der Waals surface area (Å²) in [6, 6.07) is 0.